The Morgan fingerprint density at radius 3 is 2.48 bits per heavy atom. The summed E-state index contributed by atoms with van der Waals surface area (Å²) in [7, 11) is 0. The van der Waals surface area contributed by atoms with E-state index in [9.17, 15) is 14.7 Å². The second-order valence-corrected chi connectivity index (χ2v) is 7.04. The van der Waals surface area contributed by atoms with Crippen molar-refractivity contribution < 1.29 is 14.7 Å². The van der Waals surface area contributed by atoms with Gasteiger partial charge < -0.3 is 20.6 Å². The molecule has 6 heteroatoms. The third kappa shape index (κ3) is 4.95. The van der Waals surface area contributed by atoms with Crippen molar-refractivity contribution in [1.29, 1.82) is 0 Å². The summed E-state index contributed by atoms with van der Waals surface area (Å²) in [6.07, 6.45) is 6.10. The molecule has 1 aliphatic heterocycles. The molecule has 0 spiro atoms. The van der Waals surface area contributed by atoms with Gasteiger partial charge >= 0.3 is 6.03 Å². The molecular weight excluding hydrogens is 318 g/mol. The molecule has 2 fully saturated rings. The maximum absolute atomic E-state index is 12.6. The Morgan fingerprint density at radius 2 is 1.76 bits per heavy atom. The zero-order valence-electron chi connectivity index (χ0n) is 14.5. The molecule has 0 radical (unpaired) electrons. The number of carbonyl (C=O) groups excluding carboxylic acids is 2. The second-order valence-electron chi connectivity index (χ2n) is 7.04. The van der Waals surface area contributed by atoms with Gasteiger partial charge in [0.05, 0.1) is 6.10 Å². The van der Waals surface area contributed by atoms with E-state index in [1.165, 1.54) is 6.42 Å². The number of urea groups is 1. The highest BCUT2D eigenvalue weighted by atomic mass is 16.3. The highest BCUT2D eigenvalue weighted by Gasteiger charge is 2.21. The number of anilines is 1. The van der Waals surface area contributed by atoms with E-state index in [-0.39, 0.29) is 24.1 Å². The molecule has 0 unspecified atom stereocenters. The predicted octanol–water partition coefficient (Wildman–Crippen LogP) is 2.74. The number of amides is 3. The Kier molecular flexibility index (Phi) is 5.91. The third-order valence-corrected chi connectivity index (χ3v) is 5.04. The smallest absolute Gasteiger partial charge is 0.319 e. The van der Waals surface area contributed by atoms with Gasteiger partial charge in [-0.1, -0.05) is 6.07 Å². The van der Waals surface area contributed by atoms with E-state index < -0.39 is 0 Å². The summed E-state index contributed by atoms with van der Waals surface area (Å²) in [6, 6.07) is 6.95. The van der Waals surface area contributed by atoms with Crippen LogP contribution >= 0.6 is 0 Å². The second kappa shape index (κ2) is 8.34. The summed E-state index contributed by atoms with van der Waals surface area (Å²) in [5.41, 5.74) is 1.23. The fourth-order valence-corrected chi connectivity index (χ4v) is 3.58. The van der Waals surface area contributed by atoms with Crippen LogP contribution in [0.2, 0.25) is 0 Å². The van der Waals surface area contributed by atoms with Gasteiger partial charge in [0, 0.05) is 30.4 Å². The first-order valence-corrected chi connectivity index (χ1v) is 9.27. The van der Waals surface area contributed by atoms with Gasteiger partial charge in [-0.25, -0.2) is 4.79 Å². The van der Waals surface area contributed by atoms with E-state index >= 15 is 0 Å². The first kappa shape index (κ1) is 17.7. The molecule has 3 N–H and O–H groups in total. The standard InChI is InChI=1S/C19H27N3O3/c23-17-9-7-15(8-10-17)20-19(25)21-16-6-4-5-14(13-16)18(24)22-11-2-1-3-12-22/h4-6,13,15,17,23H,1-3,7-12H2,(H2,20,21,25). The number of aliphatic hydroxyl groups excluding tert-OH is 1. The van der Waals surface area contributed by atoms with Crippen molar-refractivity contribution in [3.8, 4) is 0 Å². The quantitative estimate of drug-likeness (QED) is 0.788. The number of carbonyl (C=O) groups is 2. The topological polar surface area (TPSA) is 81.7 Å². The largest absolute Gasteiger partial charge is 0.393 e. The van der Waals surface area contributed by atoms with Crippen molar-refractivity contribution >= 4 is 17.6 Å². The van der Waals surface area contributed by atoms with E-state index in [0.29, 0.717) is 11.3 Å². The molecule has 6 nitrogen and oxygen atoms in total. The van der Waals surface area contributed by atoms with Gasteiger partial charge in [-0.15, -0.1) is 0 Å². The number of likely N-dealkylation sites (tertiary alicyclic amines) is 1. The molecule has 2 aliphatic rings. The number of aliphatic hydroxyl groups is 1. The Bertz CT molecular complexity index is 606. The minimum absolute atomic E-state index is 0.0324. The Morgan fingerprint density at radius 1 is 1.04 bits per heavy atom. The van der Waals surface area contributed by atoms with Crippen molar-refractivity contribution in [3.05, 3.63) is 29.8 Å². The molecule has 25 heavy (non-hydrogen) atoms. The molecule has 3 rings (SSSR count). The van der Waals surface area contributed by atoms with E-state index in [2.05, 4.69) is 10.6 Å². The van der Waals surface area contributed by atoms with Crippen molar-refractivity contribution in [2.45, 2.75) is 57.1 Å². The zero-order valence-corrected chi connectivity index (χ0v) is 14.5. The van der Waals surface area contributed by atoms with Crippen molar-refractivity contribution in [1.82, 2.24) is 10.2 Å². The molecule has 1 aliphatic carbocycles. The van der Waals surface area contributed by atoms with E-state index in [1.807, 2.05) is 4.90 Å². The lowest BCUT2D eigenvalue weighted by Gasteiger charge is -2.27. The molecule has 0 aromatic heterocycles. The maximum Gasteiger partial charge on any atom is 0.319 e. The van der Waals surface area contributed by atoms with E-state index in [4.69, 9.17) is 0 Å². The third-order valence-electron chi connectivity index (χ3n) is 5.04. The lowest BCUT2D eigenvalue weighted by Crippen LogP contribution is -2.41. The molecule has 0 bridgehead atoms. The first-order valence-electron chi connectivity index (χ1n) is 9.27. The van der Waals surface area contributed by atoms with E-state index in [1.54, 1.807) is 24.3 Å². The number of piperidine rings is 1. The van der Waals surface area contributed by atoms with Crippen LogP contribution in [-0.2, 0) is 0 Å². The Labute approximate surface area is 148 Å². The van der Waals surface area contributed by atoms with Gasteiger partial charge in [0.15, 0.2) is 0 Å². The van der Waals surface area contributed by atoms with Gasteiger partial charge in [0.2, 0.25) is 0 Å². The Balaban J connectivity index is 1.55. The van der Waals surface area contributed by atoms with Crippen LogP contribution in [0, 0.1) is 0 Å². The number of nitrogens with one attached hydrogen (secondary N) is 2. The molecule has 1 saturated heterocycles. The van der Waals surface area contributed by atoms with Crippen LogP contribution in [0.25, 0.3) is 0 Å². The minimum Gasteiger partial charge on any atom is -0.393 e. The molecule has 1 saturated carbocycles. The van der Waals surface area contributed by atoms with Crippen LogP contribution in [-0.4, -0.2) is 47.2 Å². The Hall–Kier alpha value is -2.08. The first-order chi connectivity index (χ1) is 12.1. The monoisotopic (exact) mass is 345 g/mol. The van der Waals surface area contributed by atoms with Crippen molar-refractivity contribution in [3.63, 3.8) is 0 Å². The predicted molar refractivity (Wildman–Crippen MR) is 96.6 cm³/mol. The normalized spacial score (nSPS) is 23.8. The fourth-order valence-electron chi connectivity index (χ4n) is 3.58. The van der Waals surface area contributed by atoms with Crippen LogP contribution in [0.5, 0.6) is 0 Å². The van der Waals surface area contributed by atoms with Crippen LogP contribution in [0.15, 0.2) is 24.3 Å². The number of hydrogen-bond acceptors (Lipinski definition) is 3. The fraction of sp³-hybridized carbons (Fsp3) is 0.579. The number of hydrogen-bond donors (Lipinski definition) is 3. The number of nitrogens with zero attached hydrogens (tertiary/aromatic N) is 1. The van der Waals surface area contributed by atoms with Crippen LogP contribution in [0.1, 0.15) is 55.3 Å². The summed E-state index contributed by atoms with van der Waals surface area (Å²) in [6.45, 7) is 1.62. The molecule has 1 heterocycles. The molecule has 136 valence electrons. The van der Waals surface area contributed by atoms with Crippen molar-refractivity contribution in [2.75, 3.05) is 18.4 Å². The van der Waals surface area contributed by atoms with Gasteiger partial charge in [-0.05, 0) is 63.1 Å². The maximum atomic E-state index is 12.6. The van der Waals surface area contributed by atoms with Crippen molar-refractivity contribution in [2.24, 2.45) is 0 Å². The highest BCUT2D eigenvalue weighted by molar-refractivity contribution is 5.97. The highest BCUT2D eigenvalue weighted by Crippen LogP contribution is 2.19. The van der Waals surface area contributed by atoms with Gasteiger partial charge in [-0.2, -0.15) is 0 Å². The minimum atomic E-state index is -0.260. The molecule has 3 amide bonds. The van der Waals surface area contributed by atoms with Gasteiger partial charge in [0.1, 0.15) is 0 Å². The number of rotatable bonds is 3. The summed E-state index contributed by atoms with van der Waals surface area (Å²) in [5.74, 6) is 0.0324. The lowest BCUT2D eigenvalue weighted by molar-refractivity contribution is 0.0724. The van der Waals surface area contributed by atoms with Crippen LogP contribution in [0.4, 0.5) is 10.5 Å². The zero-order chi connectivity index (χ0) is 17.6. The SMILES string of the molecule is O=C(Nc1cccc(C(=O)N2CCCCC2)c1)NC1CCC(O)CC1. The average Bonchev–Trinajstić information content (AvgIpc) is 2.64. The van der Waals surface area contributed by atoms with E-state index in [0.717, 1.165) is 51.6 Å². The van der Waals surface area contributed by atoms with Gasteiger partial charge in [0.25, 0.3) is 5.91 Å². The van der Waals surface area contributed by atoms with Crippen LogP contribution < -0.4 is 10.6 Å². The molecule has 1 aromatic carbocycles. The summed E-state index contributed by atoms with van der Waals surface area (Å²) >= 11 is 0. The summed E-state index contributed by atoms with van der Waals surface area (Å²) < 4.78 is 0. The average molecular weight is 345 g/mol. The molecule has 0 atom stereocenters. The summed E-state index contributed by atoms with van der Waals surface area (Å²) in [5, 5.41) is 15.3. The summed E-state index contributed by atoms with van der Waals surface area (Å²) in [4.78, 5) is 26.6. The molecular formula is C19H27N3O3. The molecule has 1 aromatic rings. The lowest BCUT2D eigenvalue weighted by atomic mass is 9.93. The van der Waals surface area contributed by atoms with Crippen LogP contribution in [0.3, 0.4) is 0 Å². The van der Waals surface area contributed by atoms with Gasteiger partial charge in [-0.3, -0.25) is 4.79 Å². The number of benzene rings is 1.